The number of amides is 1. The van der Waals surface area contributed by atoms with E-state index in [1.165, 1.54) is 6.07 Å². The maximum absolute atomic E-state index is 13.7. The largest absolute Gasteiger partial charge is 0.337 e. The maximum Gasteiger partial charge on any atom is 0.256 e. The number of likely N-dealkylation sites (tertiary alicyclic amines) is 1. The van der Waals surface area contributed by atoms with Crippen molar-refractivity contribution in [1.82, 2.24) is 10.2 Å². The summed E-state index contributed by atoms with van der Waals surface area (Å²) in [6, 6.07) is 2.88. The molecule has 1 fully saturated rings. The number of hydrogen-bond acceptors (Lipinski definition) is 2. The normalized spacial score (nSPS) is 18.3. The molecule has 0 aromatic heterocycles. The Morgan fingerprint density at radius 1 is 1.58 bits per heavy atom. The van der Waals surface area contributed by atoms with E-state index in [1.54, 1.807) is 4.90 Å². The number of carbonyl (C=O) groups is 1. The third-order valence-corrected chi connectivity index (χ3v) is 4.32. The molecule has 1 atom stereocenters. The van der Waals surface area contributed by atoms with Crippen LogP contribution >= 0.6 is 39.9 Å². The fourth-order valence-corrected chi connectivity index (χ4v) is 2.53. The fraction of sp³-hybridized carbons (Fsp3) is 0.417. The van der Waals surface area contributed by atoms with Crippen molar-refractivity contribution in [2.75, 3.05) is 20.1 Å². The topological polar surface area (TPSA) is 32.3 Å². The lowest BCUT2D eigenvalue weighted by atomic mass is 10.2. The first-order chi connectivity index (χ1) is 8.52. The summed E-state index contributed by atoms with van der Waals surface area (Å²) in [4.78, 5) is 13.8. The van der Waals surface area contributed by atoms with E-state index >= 15 is 0 Å². The Morgan fingerprint density at radius 3 is 2.84 bits per heavy atom. The molecule has 2 rings (SSSR count). The first-order valence-electron chi connectivity index (χ1n) is 5.64. The van der Waals surface area contributed by atoms with Gasteiger partial charge in [0.25, 0.3) is 5.91 Å². The second-order valence-corrected chi connectivity index (χ2v) is 5.53. The minimum Gasteiger partial charge on any atom is -0.337 e. The standard InChI is InChI=1S/C12H13BrClFN2O.ClH/c1-16-7-2-3-17(6-7)12(18)8-4-9(13)10(14)5-11(8)15;/h4-5,7,16H,2-3,6H2,1H3;1H/t7-;/m1./s1. The highest BCUT2D eigenvalue weighted by Crippen LogP contribution is 2.27. The van der Waals surface area contributed by atoms with E-state index in [1.807, 2.05) is 7.05 Å². The lowest BCUT2D eigenvalue weighted by Crippen LogP contribution is -2.33. The van der Waals surface area contributed by atoms with Crippen molar-refractivity contribution in [2.24, 2.45) is 0 Å². The molecule has 0 radical (unpaired) electrons. The number of carbonyl (C=O) groups excluding carboxylic acids is 1. The zero-order valence-electron chi connectivity index (χ0n) is 10.3. The molecule has 1 heterocycles. The van der Waals surface area contributed by atoms with Gasteiger partial charge in [-0.1, -0.05) is 11.6 Å². The van der Waals surface area contributed by atoms with Crippen molar-refractivity contribution < 1.29 is 9.18 Å². The van der Waals surface area contributed by atoms with E-state index < -0.39 is 5.82 Å². The Morgan fingerprint density at radius 2 is 2.26 bits per heavy atom. The first kappa shape index (κ1) is 16.7. The van der Waals surface area contributed by atoms with Gasteiger partial charge in [0.2, 0.25) is 0 Å². The number of rotatable bonds is 2. The minimum absolute atomic E-state index is 0. The number of benzene rings is 1. The van der Waals surface area contributed by atoms with Crippen LogP contribution in [0.1, 0.15) is 16.8 Å². The van der Waals surface area contributed by atoms with Gasteiger partial charge in [-0.3, -0.25) is 4.79 Å². The van der Waals surface area contributed by atoms with E-state index in [0.717, 1.165) is 12.5 Å². The summed E-state index contributed by atoms with van der Waals surface area (Å²) in [6.45, 7) is 1.25. The Hall–Kier alpha value is -0.360. The van der Waals surface area contributed by atoms with Gasteiger partial charge in [-0.2, -0.15) is 0 Å². The summed E-state index contributed by atoms with van der Waals surface area (Å²) in [5, 5.41) is 3.38. The van der Waals surface area contributed by atoms with E-state index in [9.17, 15) is 9.18 Å². The van der Waals surface area contributed by atoms with Crippen molar-refractivity contribution in [3.8, 4) is 0 Å². The quantitative estimate of drug-likeness (QED) is 0.810. The third-order valence-electron chi connectivity index (χ3n) is 3.12. The molecule has 3 nitrogen and oxygen atoms in total. The van der Waals surface area contributed by atoms with Gasteiger partial charge >= 0.3 is 0 Å². The molecule has 1 aliphatic rings. The van der Waals surface area contributed by atoms with Crippen molar-refractivity contribution >= 4 is 45.8 Å². The van der Waals surface area contributed by atoms with Gasteiger partial charge in [-0.05, 0) is 41.5 Å². The molecular formula is C12H14BrCl2FN2O. The summed E-state index contributed by atoms with van der Waals surface area (Å²) in [5.41, 5.74) is 0.0584. The number of nitrogens with one attached hydrogen (secondary N) is 1. The van der Waals surface area contributed by atoms with E-state index in [-0.39, 0.29) is 34.9 Å². The van der Waals surface area contributed by atoms with Crippen molar-refractivity contribution in [3.05, 3.63) is 33.0 Å². The van der Waals surface area contributed by atoms with Crippen LogP contribution in [0.3, 0.4) is 0 Å². The molecule has 1 aromatic carbocycles. The molecule has 7 heteroatoms. The molecule has 0 aliphatic carbocycles. The molecule has 106 valence electrons. The molecule has 0 bridgehead atoms. The Labute approximate surface area is 131 Å². The molecule has 1 N–H and O–H groups in total. The van der Waals surface area contributed by atoms with Gasteiger partial charge in [-0.15, -0.1) is 12.4 Å². The second-order valence-electron chi connectivity index (χ2n) is 4.27. The van der Waals surface area contributed by atoms with Gasteiger partial charge in [0.15, 0.2) is 0 Å². The van der Waals surface area contributed by atoms with E-state index in [0.29, 0.717) is 17.6 Å². The molecule has 1 aliphatic heterocycles. The van der Waals surface area contributed by atoms with Crippen LogP contribution in [0, 0.1) is 5.82 Å². The van der Waals surface area contributed by atoms with Gasteiger partial charge < -0.3 is 10.2 Å². The second kappa shape index (κ2) is 6.88. The van der Waals surface area contributed by atoms with E-state index in [4.69, 9.17) is 11.6 Å². The van der Waals surface area contributed by atoms with E-state index in [2.05, 4.69) is 21.2 Å². The van der Waals surface area contributed by atoms with Crippen LogP contribution in [-0.2, 0) is 0 Å². The predicted molar refractivity (Wildman–Crippen MR) is 79.7 cm³/mol. The number of halogens is 4. The highest BCUT2D eigenvalue weighted by atomic mass is 79.9. The van der Waals surface area contributed by atoms with Crippen LogP contribution in [0.15, 0.2) is 16.6 Å². The Kier molecular flexibility index (Phi) is 6.05. The zero-order chi connectivity index (χ0) is 13.3. The van der Waals surface area contributed by atoms with Crippen LogP contribution in [-0.4, -0.2) is 37.0 Å². The molecule has 19 heavy (non-hydrogen) atoms. The monoisotopic (exact) mass is 370 g/mol. The van der Waals surface area contributed by atoms with Crippen LogP contribution in [0.4, 0.5) is 4.39 Å². The summed E-state index contributed by atoms with van der Waals surface area (Å²) in [7, 11) is 1.86. The smallest absolute Gasteiger partial charge is 0.256 e. The third kappa shape index (κ3) is 3.60. The van der Waals surface area contributed by atoms with Crippen LogP contribution in [0.5, 0.6) is 0 Å². The van der Waals surface area contributed by atoms with Gasteiger partial charge in [0, 0.05) is 23.6 Å². The van der Waals surface area contributed by atoms with Crippen molar-refractivity contribution in [2.45, 2.75) is 12.5 Å². The maximum atomic E-state index is 13.7. The first-order valence-corrected chi connectivity index (χ1v) is 6.81. The van der Waals surface area contributed by atoms with Gasteiger partial charge in [0.1, 0.15) is 5.82 Å². The predicted octanol–water partition coefficient (Wildman–Crippen LogP) is 3.10. The average molecular weight is 372 g/mol. The van der Waals surface area contributed by atoms with Crippen molar-refractivity contribution in [1.29, 1.82) is 0 Å². The molecule has 0 saturated carbocycles. The summed E-state index contributed by atoms with van der Waals surface area (Å²) >= 11 is 8.98. The van der Waals surface area contributed by atoms with Crippen LogP contribution in [0.2, 0.25) is 5.02 Å². The minimum atomic E-state index is -0.582. The number of likely N-dealkylation sites (N-methyl/N-ethyl adjacent to an activating group) is 1. The van der Waals surface area contributed by atoms with Crippen LogP contribution in [0.25, 0.3) is 0 Å². The average Bonchev–Trinajstić information content (AvgIpc) is 2.81. The summed E-state index contributed by atoms with van der Waals surface area (Å²) < 4.78 is 14.3. The molecule has 0 unspecified atom stereocenters. The number of nitrogens with zero attached hydrogens (tertiary/aromatic N) is 1. The van der Waals surface area contributed by atoms with Crippen molar-refractivity contribution in [3.63, 3.8) is 0 Å². The van der Waals surface area contributed by atoms with Crippen LogP contribution < -0.4 is 5.32 Å². The highest BCUT2D eigenvalue weighted by molar-refractivity contribution is 9.10. The highest BCUT2D eigenvalue weighted by Gasteiger charge is 2.27. The molecule has 1 amide bonds. The summed E-state index contributed by atoms with van der Waals surface area (Å²) in [6.07, 6.45) is 0.888. The lowest BCUT2D eigenvalue weighted by molar-refractivity contribution is 0.0785. The fourth-order valence-electron chi connectivity index (χ4n) is 2.04. The molecular weight excluding hydrogens is 358 g/mol. The lowest BCUT2D eigenvalue weighted by Gasteiger charge is -2.17. The Bertz CT molecular complexity index is 487. The molecule has 1 saturated heterocycles. The zero-order valence-corrected chi connectivity index (χ0v) is 13.4. The number of hydrogen-bond donors (Lipinski definition) is 1. The molecule has 1 aromatic rings. The Balaban J connectivity index is 0.00000180. The molecule has 0 spiro atoms. The summed E-state index contributed by atoms with van der Waals surface area (Å²) in [5.74, 6) is -0.872. The van der Waals surface area contributed by atoms with Gasteiger partial charge in [0.05, 0.1) is 10.6 Å². The SMILES string of the molecule is CN[C@@H]1CCN(C(=O)c2cc(Br)c(Cl)cc2F)C1.Cl. The van der Waals surface area contributed by atoms with Gasteiger partial charge in [-0.25, -0.2) is 4.39 Å².